The van der Waals surface area contributed by atoms with E-state index in [2.05, 4.69) is 20.6 Å². The summed E-state index contributed by atoms with van der Waals surface area (Å²) < 4.78 is 26.1. The number of amides is 1. The molecule has 0 spiro atoms. The van der Waals surface area contributed by atoms with Crippen molar-refractivity contribution in [2.75, 3.05) is 12.4 Å². The van der Waals surface area contributed by atoms with Crippen LogP contribution < -0.4 is 10.6 Å². The Bertz CT molecular complexity index is 632. The predicted molar refractivity (Wildman–Crippen MR) is 66.6 cm³/mol. The van der Waals surface area contributed by atoms with Crippen LogP contribution in [0.2, 0.25) is 0 Å². The fraction of sp³-hybridized carbons (Fsp3) is 0.250. The molecule has 0 unspecified atom stereocenters. The number of nitrogens with one attached hydrogen (secondary N) is 2. The number of hydrogen-bond acceptors (Lipinski definition) is 4. The van der Waals surface area contributed by atoms with Crippen LogP contribution in [0.3, 0.4) is 0 Å². The van der Waals surface area contributed by atoms with Gasteiger partial charge in [-0.3, -0.25) is 9.78 Å². The molecule has 1 amide bonds. The standard InChI is InChI=1S/C12H12F2N4O/c1-6(12(19)15-2)17-11-5-16-9-3-7(13)8(14)4-10(9)18-11/h3-6H,1-2H3,(H,15,19)(H,17,18)/t6-/m1/s1. The monoisotopic (exact) mass is 266 g/mol. The van der Waals surface area contributed by atoms with Crippen molar-refractivity contribution < 1.29 is 13.6 Å². The second kappa shape index (κ2) is 5.13. The lowest BCUT2D eigenvalue weighted by Crippen LogP contribution is -2.35. The SMILES string of the molecule is CNC(=O)[C@@H](C)Nc1cnc2cc(F)c(F)cc2n1. The van der Waals surface area contributed by atoms with E-state index in [0.29, 0.717) is 5.82 Å². The number of fused-ring (bicyclic) bond motifs is 1. The predicted octanol–water partition coefficient (Wildman–Crippen LogP) is 1.45. The number of nitrogens with zero attached hydrogens (tertiary/aromatic N) is 2. The van der Waals surface area contributed by atoms with Crippen LogP contribution in [0.5, 0.6) is 0 Å². The average molecular weight is 266 g/mol. The Balaban J connectivity index is 2.31. The molecule has 0 aliphatic carbocycles. The summed E-state index contributed by atoms with van der Waals surface area (Å²) in [5.74, 6) is -1.86. The maximum absolute atomic E-state index is 13.1. The van der Waals surface area contributed by atoms with Crippen LogP contribution in [0, 0.1) is 11.6 Å². The first-order valence-electron chi connectivity index (χ1n) is 5.61. The van der Waals surface area contributed by atoms with Gasteiger partial charge < -0.3 is 10.6 Å². The normalized spacial score (nSPS) is 12.2. The van der Waals surface area contributed by atoms with Gasteiger partial charge >= 0.3 is 0 Å². The smallest absolute Gasteiger partial charge is 0.241 e. The summed E-state index contributed by atoms with van der Waals surface area (Å²) >= 11 is 0. The average Bonchev–Trinajstić information content (AvgIpc) is 2.39. The van der Waals surface area contributed by atoms with Crippen molar-refractivity contribution in [2.45, 2.75) is 13.0 Å². The van der Waals surface area contributed by atoms with Crippen molar-refractivity contribution in [1.82, 2.24) is 15.3 Å². The van der Waals surface area contributed by atoms with E-state index in [9.17, 15) is 13.6 Å². The van der Waals surface area contributed by atoms with E-state index in [1.807, 2.05) is 0 Å². The Labute approximate surface area is 108 Å². The van der Waals surface area contributed by atoms with E-state index in [4.69, 9.17) is 0 Å². The lowest BCUT2D eigenvalue weighted by Gasteiger charge is -2.12. The van der Waals surface area contributed by atoms with Gasteiger partial charge in [-0.05, 0) is 6.92 Å². The molecule has 0 fully saturated rings. The van der Waals surface area contributed by atoms with Crippen LogP contribution in [0.25, 0.3) is 11.0 Å². The van der Waals surface area contributed by atoms with E-state index in [0.717, 1.165) is 12.1 Å². The molecule has 1 aromatic heterocycles. The van der Waals surface area contributed by atoms with Crippen LogP contribution in [0.15, 0.2) is 18.3 Å². The van der Waals surface area contributed by atoms with Crippen molar-refractivity contribution >= 4 is 22.8 Å². The third kappa shape index (κ3) is 2.75. The summed E-state index contributed by atoms with van der Waals surface area (Å²) in [6, 6.07) is 1.43. The summed E-state index contributed by atoms with van der Waals surface area (Å²) in [5.41, 5.74) is 0.463. The zero-order valence-corrected chi connectivity index (χ0v) is 10.4. The van der Waals surface area contributed by atoms with Gasteiger partial charge in [-0.25, -0.2) is 13.8 Å². The van der Waals surface area contributed by atoms with Crippen molar-refractivity contribution in [3.8, 4) is 0 Å². The van der Waals surface area contributed by atoms with E-state index >= 15 is 0 Å². The van der Waals surface area contributed by atoms with Crippen LogP contribution in [-0.4, -0.2) is 29.0 Å². The summed E-state index contributed by atoms with van der Waals surface area (Å²) in [5, 5.41) is 5.30. The molecule has 1 heterocycles. The summed E-state index contributed by atoms with van der Waals surface area (Å²) in [6.45, 7) is 1.65. The Morgan fingerprint density at radius 2 is 1.89 bits per heavy atom. The molecule has 0 radical (unpaired) electrons. The maximum atomic E-state index is 13.1. The largest absolute Gasteiger partial charge is 0.357 e. The van der Waals surface area contributed by atoms with Crippen LogP contribution in [-0.2, 0) is 4.79 Å². The van der Waals surface area contributed by atoms with Gasteiger partial charge in [0.15, 0.2) is 11.6 Å². The Kier molecular flexibility index (Phi) is 3.55. The van der Waals surface area contributed by atoms with E-state index < -0.39 is 17.7 Å². The third-order valence-corrected chi connectivity index (χ3v) is 2.59. The molecule has 5 nitrogen and oxygen atoms in total. The molecule has 19 heavy (non-hydrogen) atoms. The highest BCUT2D eigenvalue weighted by molar-refractivity contribution is 5.84. The van der Waals surface area contributed by atoms with Gasteiger partial charge in [0.2, 0.25) is 5.91 Å². The number of halogens is 2. The second-order valence-corrected chi connectivity index (χ2v) is 3.99. The van der Waals surface area contributed by atoms with Crippen LogP contribution >= 0.6 is 0 Å². The van der Waals surface area contributed by atoms with Crippen molar-refractivity contribution in [2.24, 2.45) is 0 Å². The van der Waals surface area contributed by atoms with Gasteiger partial charge in [0.1, 0.15) is 11.9 Å². The molecule has 2 aromatic rings. The molecular formula is C12H12F2N4O. The molecule has 7 heteroatoms. The van der Waals surface area contributed by atoms with E-state index in [1.54, 1.807) is 6.92 Å². The number of hydrogen-bond donors (Lipinski definition) is 2. The van der Waals surface area contributed by atoms with Gasteiger partial charge in [-0.2, -0.15) is 0 Å². The molecule has 0 saturated carbocycles. The zero-order chi connectivity index (χ0) is 14.0. The first kappa shape index (κ1) is 13.1. The summed E-state index contributed by atoms with van der Waals surface area (Å²) in [4.78, 5) is 19.4. The van der Waals surface area contributed by atoms with Crippen molar-refractivity contribution in [3.05, 3.63) is 30.0 Å². The van der Waals surface area contributed by atoms with Crippen molar-refractivity contribution in [3.63, 3.8) is 0 Å². The fourth-order valence-electron chi connectivity index (χ4n) is 1.58. The molecule has 1 atom stereocenters. The van der Waals surface area contributed by atoms with Crippen molar-refractivity contribution in [1.29, 1.82) is 0 Å². The zero-order valence-electron chi connectivity index (χ0n) is 10.4. The quantitative estimate of drug-likeness (QED) is 0.882. The molecule has 0 bridgehead atoms. The number of aromatic nitrogens is 2. The third-order valence-electron chi connectivity index (χ3n) is 2.59. The highest BCUT2D eigenvalue weighted by Gasteiger charge is 2.12. The number of likely N-dealkylation sites (N-methyl/N-ethyl adjacent to an activating group) is 1. The lowest BCUT2D eigenvalue weighted by molar-refractivity contribution is -0.121. The number of carbonyl (C=O) groups is 1. The number of benzene rings is 1. The Morgan fingerprint density at radius 1 is 1.26 bits per heavy atom. The minimum Gasteiger partial charge on any atom is -0.357 e. The highest BCUT2D eigenvalue weighted by Crippen LogP contribution is 2.16. The highest BCUT2D eigenvalue weighted by atomic mass is 19.2. The van der Waals surface area contributed by atoms with E-state index in [-0.39, 0.29) is 16.9 Å². The molecule has 2 N–H and O–H groups in total. The first-order valence-corrected chi connectivity index (χ1v) is 5.61. The van der Waals surface area contributed by atoms with Gasteiger partial charge in [0.25, 0.3) is 0 Å². The molecule has 2 rings (SSSR count). The molecule has 0 saturated heterocycles. The van der Waals surface area contributed by atoms with Gasteiger partial charge in [-0.1, -0.05) is 0 Å². The Hall–Kier alpha value is -2.31. The minimum absolute atomic E-state index is 0.216. The van der Waals surface area contributed by atoms with E-state index in [1.165, 1.54) is 13.2 Å². The molecule has 0 aliphatic heterocycles. The maximum Gasteiger partial charge on any atom is 0.241 e. The fourth-order valence-corrected chi connectivity index (χ4v) is 1.58. The van der Waals surface area contributed by atoms with Gasteiger partial charge in [-0.15, -0.1) is 0 Å². The number of carbonyl (C=O) groups excluding carboxylic acids is 1. The first-order chi connectivity index (χ1) is 9.01. The van der Waals surface area contributed by atoms with Crippen LogP contribution in [0.4, 0.5) is 14.6 Å². The summed E-state index contributed by atoms with van der Waals surface area (Å²) in [6.07, 6.45) is 1.36. The molecule has 0 aliphatic rings. The molecule has 100 valence electrons. The van der Waals surface area contributed by atoms with Gasteiger partial charge in [0, 0.05) is 19.2 Å². The molecule has 1 aromatic carbocycles. The number of anilines is 1. The second-order valence-electron chi connectivity index (χ2n) is 3.99. The topological polar surface area (TPSA) is 66.9 Å². The Morgan fingerprint density at radius 3 is 2.53 bits per heavy atom. The summed E-state index contributed by atoms with van der Waals surface area (Å²) in [7, 11) is 1.52. The minimum atomic E-state index is -0.988. The number of rotatable bonds is 3. The lowest BCUT2D eigenvalue weighted by atomic mass is 10.2. The van der Waals surface area contributed by atoms with Crippen LogP contribution in [0.1, 0.15) is 6.92 Å². The molecular weight excluding hydrogens is 254 g/mol. The van der Waals surface area contributed by atoms with Gasteiger partial charge in [0.05, 0.1) is 17.2 Å².